The lowest BCUT2D eigenvalue weighted by Gasteiger charge is -2.20. The fourth-order valence-electron chi connectivity index (χ4n) is 3.63. The molecule has 156 valence electrons. The van der Waals surface area contributed by atoms with Gasteiger partial charge in [-0.3, -0.25) is 14.2 Å². The van der Waals surface area contributed by atoms with Crippen molar-refractivity contribution in [1.29, 1.82) is 0 Å². The zero-order chi connectivity index (χ0) is 21.3. The van der Waals surface area contributed by atoms with Crippen molar-refractivity contribution >= 4 is 57.6 Å². The van der Waals surface area contributed by atoms with E-state index in [0.717, 1.165) is 25.7 Å². The van der Waals surface area contributed by atoms with Gasteiger partial charge in [-0.2, -0.15) is 0 Å². The van der Waals surface area contributed by atoms with Crippen LogP contribution in [-0.4, -0.2) is 25.7 Å². The van der Waals surface area contributed by atoms with Crippen molar-refractivity contribution in [3.63, 3.8) is 0 Å². The highest BCUT2D eigenvalue weighted by molar-refractivity contribution is 8.00. The van der Waals surface area contributed by atoms with Gasteiger partial charge in [-0.15, -0.1) is 0 Å². The van der Waals surface area contributed by atoms with E-state index >= 15 is 0 Å². The summed E-state index contributed by atoms with van der Waals surface area (Å²) in [7, 11) is 0. The van der Waals surface area contributed by atoms with E-state index in [9.17, 15) is 9.59 Å². The number of pyridine rings is 1. The lowest BCUT2D eigenvalue weighted by atomic mass is 10.2. The zero-order valence-corrected chi connectivity index (χ0v) is 18.6. The molecular formula is C21H20Cl2N4O2S. The Labute approximate surface area is 188 Å². The van der Waals surface area contributed by atoms with Gasteiger partial charge in [0.15, 0.2) is 11.0 Å². The number of thioether (sulfide) groups is 1. The summed E-state index contributed by atoms with van der Waals surface area (Å²) < 4.78 is 1.78. The molecule has 1 atom stereocenters. The molecule has 6 nitrogen and oxygen atoms in total. The lowest BCUT2D eigenvalue weighted by Crippen LogP contribution is -2.29. The zero-order valence-electron chi connectivity index (χ0n) is 16.3. The van der Waals surface area contributed by atoms with Crippen LogP contribution in [-0.2, 0) is 4.79 Å². The smallest absolute Gasteiger partial charge is 0.262 e. The Bertz CT molecular complexity index is 1160. The van der Waals surface area contributed by atoms with E-state index < -0.39 is 5.25 Å². The highest BCUT2D eigenvalue weighted by Crippen LogP contribution is 2.33. The summed E-state index contributed by atoms with van der Waals surface area (Å²) >= 11 is 13.2. The fraction of sp³-hybridized carbons (Fsp3) is 0.333. The second-order valence-electron chi connectivity index (χ2n) is 7.26. The molecule has 0 radical (unpaired) electrons. The summed E-state index contributed by atoms with van der Waals surface area (Å²) in [6.45, 7) is 1.77. The van der Waals surface area contributed by atoms with Crippen LogP contribution in [0.1, 0.15) is 38.6 Å². The Morgan fingerprint density at radius 2 is 2.00 bits per heavy atom. The van der Waals surface area contributed by atoms with Gasteiger partial charge in [-0.1, -0.05) is 59.9 Å². The summed E-state index contributed by atoms with van der Waals surface area (Å²) in [5, 5.41) is 4.02. The van der Waals surface area contributed by atoms with Crippen molar-refractivity contribution < 1.29 is 4.79 Å². The van der Waals surface area contributed by atoms with Crippen molar-refractivity contribution in [2.75, 3.05) is 5.32 Å². The van der Waals surface area contributed by atoms with Crippen LogP contribution in [0.4, 0.5) is 5.82 Å². The monoisotopic (exact) mass is 462 g/mol. The minimum atomic E-state index is -0.515. The second-order valence-corrected chi connectivity index (χ2v) is 9.41. The molecule has 30 heavy (non-hydrogen) atoms. The molecule has 1 aromatic carbocycles. The van der Waals surface area contributed by atoms with Gasteiger partial charge in [-0.05, 0) is 38.0 Å². The van der Waals surface area contributed by atoms with Crippen LogP contribution in [0, 0.1) is 0 Å². The van der Waals surface area contributed by atoms with E-state index in [2.05, 4.69) is 10.3 Å². The van der Waals surface area contributed by atoms with Crippen molar-refractivity contribution in [2.24, 2.45) is 0 Å². The van der Waals surface area contributed by atoms with Gasteiger partial charge in [0.25, 0.3) is 5.56 Å². The SMILES string of the molecule is CC(Sc1nc2ccccc2c(=O)n1C1CCCC1)C(=O)Nc1ncc(Cl)cc1Cl. The average molecular weight is 463 g/mol. The molecule has 9 heteroatoms. The summed E-state index contributed by atoms with van der Waals surface area (Å²) in [6.07, 6.45) is 5.48. The maximum atomic E-state index is 13.2. The predicted octanol–water partition coefficient (Wildman–Crippen LogP) is 5.33. The van der Waals surface area contributed by atoms with Gasteiger partial charge in [0.2, 0.25) is 5.91 Å². The molecule has 0 saturated heterocycles. The van der Waals surface area contributed by atoms with E-state index in [1.165, 1.54) is 24.0 Å². The second kappa shape index (κ2) is 8.96. The highest BCUT2D eigenvalue weighted by atomic mass is 35.5. The fourth-order valence-corrected chi connectivity index (χ4v) is 5.04. The van der Waals surface area contributed by atoms with Gasteiger partial charge in [0, 0.05) is 12.2 Å². The Hall–Kier alpha value is -2.09. The number of benzene rings is 1. The number of amides is 1. The Balaban J connectivity index is 1.64. The first-order valence-electron chi connectivity index (χ1n) is 9.74. The molecule has 0 spiro atoms. The first-order valence-corrected chi connectivity index (χ1v) is 11.4. The summed E-state index contributed by atoms with van der Waals surface area (Å²) in [5.41, 5.74) is 0.583. The van der Waals surface area contributed by atoms with Crippen LogP contribution in [0.25, 0.3) is 10.9 Å². The summed E-state index contributed by atoms with van der Waals surface area (Å²) in [4.78, 5) is 34.8. The molecule has 1 fully saturated rings. The number of carbonyl (C=O) groups excluding carboxylic acids is 1. The van der Waals surface area contributed by atoms with Crippen LogP contribution in [0.2, 0.25) is 10.0 Å². The molecule has 1 amide bonds. The molecule has 1 aliphatic carbocycles. The van der Waals surface area contributed by atoms with E-state index in [1.54, 1.807) is 17.6 Å². The van der Waals surface area contributed by atoms with Crippen LogP contribution in [0.3, 0.4) is 0 Å². The molecule has 2 heterocycles. The molecule has 0 bridgehead atoms. The van der Waals surface area contributed by atoms with Gasteiger partial charge in [0.1, 0.15) is 0 Å². The number of anilines is 1. The number of nitrogens with zero attached hydrogens (tertiary/aromatic N) is 3. The number of carbonyl (C=O) groups is 1. The van der Waals surface area contributed by atoms with Crippen molar-refractivity contribution in [1.82, 2.24) is 14.5 Å². The quantitative estimate of drug-likeness (QED) is 0.409. The number of aromatic nitrogens is 3. The molecule has 1 aliphatic rings. The van der Waals surface area contributed by atoms with Gasteiger partial charge in [0.05, 0.1) is 26.2 Å². The molecule has 2 aromatic heterocycles. The Morgan fingerprint density at radius 1 is 1.27 bits per heavy atom. The standard InChI is InChI=1S/C21H20Cl2N4O2S/c1-12(19(28)26-18-16(23)10-13(22)11-24-18)30-21-25-17-9-5-4-8-15(17)20(29)27(21)14-6-2-3-7-14/h4-5,8-12,14H,2-3,6-7H2,1H3,(H,24,26,28). The molecule has 1 saturated carbocycles. The van der Waals surface area contributed by atoms with E-state index in [1.807, 2.05) is 18.2 Å². The van der Waals surface area contributed by atoms with E-state index in [4.69, 9.17) is 28.2 Å². The van der Waals surface area contributed by atoms with Crippen molar-refractivity contribution in [3.8, 4) is 0 Å². The number of nitrogens with one attached hydrogen (secondary N) is 1. The van der Waals surface area contributed by atoms with Crippen molar-refractivity contribution in [2.45, 2.75) is 49.1 Å². The van der Waals surface area contributed by atoms with Gasteiger partial charge >= 0.3 is 0 Å². The largest absolute Gasteiger partial charge is 0.308 e. The highest BCUT2D eigenvalue weighted by Gasteiger charge is 2.26. The number of fused-ring (bicyclic) bond motifs is 1. The number of rotatable bonds is 5. The van der Waals surface area contributed by atoms with E-state index in [0.29, 0.717) is 21.1 Å². The minimum Gasteiger partial charge on any atom is -0.308 e. The molecule has 1 N–H and O–H groups in total. The molecule has 1 unspecified atom stereocenters. The van der Waals surface area contributed by atoms with Gasteiger partial charge in [-0.25, -0.2) is 9.97 Å². The summed E-state index contributed by atoms with van der Waals surface area (Å²) in [5.74, 6) is -0.0322. The van der Waals surface area contributed by atoms with Crippen LogP contribution in [0.5, 0.6) is 0 Å². The molecule has 4 rings (SSSR count). The summed E-state index contributed by atoms with van der Waals surface area (Å²) in [6, 6.07) is 8.95. The maximum Gasteiger partial charge on any atom is 0.262 e. The van der Waals surface area contributed by atoms with Crippen LogP contribution in [0.15, 0.2) is 46.5 Å². The molecule has 0 aliphatic heterocycles. The Kier molecular flexibility index (Phi) is 6.32. The predicted molar refractivity (Wildman–Crippen MR) is 122 cm³/mol. The first-order chi connectivity index (χ1) is 14.4. The number of hydrogen-bond acceptors (Lipinski definition) is 5. The van der Waals surface area contributed by atoms with E-state index in [-0.39, 0.29) is 28.3 Å². The Morgan fingerprint density at radius 3 is 2.73 bits per heavy atom. The molecular weight excluding hydrogens is 443 g/mol. The minimum absolute atomic E-state index is 0.0509. The number of halogens is 2. The molecule has 3 aromatic rings. The third-order valence-electron chi connectivity index (χ3n) is 5.17. The topological polar surface area (TPSA) is 76.9 Å². The van der Waals surface area contributed by atoms with Gasteiger partial charge < -0.3 is 5.32 Å². The normalized spacial score (nSPS) is 15.4. The average Bonchev–Trinajstić information content (AvgIpc) is 3.24. The van der Waals surface area contributed by atoms with Crippen LogP contribution >= 0.6 is 35.0 Å². The maximum absolute atomic E-state index is 13.2. The number of para-hydroxylation sites is 1. The number of hydrogen-bond donors (Lipinski definition) is 1. The lowest BCUT2D eigenvalue weighted by molar-refractivity contribution is -0.115. The van der Waals surface area contributed by atoms with Crippen molar-refractivity contribution in [3.05, 3.63) is 56.9 Å². The third kappa shape index (κ3) is 4.33. The first kappa shape index (κ1) is 21.2. The third-order valence-corrected chi connectivity index (χ3v) is 6.73. The van der Waals surface area contributed by atoms with Crippen LogP contribution < -0.4 is 10.9 Å².